The average molecular weight is 297 g/mol. The highest BCUT2D eigenvalue weighted by Crippen LogP contribution is 2.38. The number of quaternary nitrogens is 1. The third-order valence-electron chi connectivity index (χ3n) is 1.96. The standard InChI is InChI=1S/C9H13NO3.C2HF3O2/c1-11-7-4-6(10)5-8(12-2)9(7)13-3;3-2(4,5)1(6)7/h4-5H,10H2,1-3H3;(H,6,7). The molecule has 0 aliphatic heterocycles. The summed E-state index contributed by atoms with van der Waals surface area (Å²) in [5, 5.41) is 8.78. The van der Waals surface area contributed by atoms with Gasteiger partial charge < -0.3 is 29.8 Å². The smallest absolute Gasteiger partial charge is 0.430 e. The van der Waals surface area contributed by atoms with Crippen LogP contribution in [0.1, 0.15) is 0 Å². The lowest BCUT2D eigenvalue weighted by Gasteiger charge is -2.11. The van der Waals surface area contributed by atoms with E-state index in [1.54, 1.807) is 33.5 Å². The van der Waals surface area contributed by atoms with Crippen molar-refractivity contribution < 1.29 is 43.0 Å². The number of rotatable bonds is 3. The topological polar surface area (TPSA) is 95.5 Å². The summed E-state index contributed by atoms with van der Waals surface area (Å²) >= 11 is 0. The molecule has 0 bridgehead atoms. The third kappa shape index (κ3) is 5.22. The fourth-order valence-electron chi connectivity index (χ4n) is 1.14. The first-order valence-electron chi connectivity index (χ1n) is 5.07. The Balaban J connectivity index is 0.000000441. The monoisotopic (exact) mass is 297 g/mol. The number of carbonyl (C=O) groups excluding carboxylic acids is 1. The minimum Gasteiger partial charge on any atom is -0.542 e. The van der Waals surface area contributed by atoms with Crippen molar-refractivity contribution in [2.24, 2.45) is 0 Å². The van der Waals surface area contributed by atoms with Gasteiger partial charge in [-0.1, -0.05) is 0 Å². The number of halogens is 3. The lowest BCUT2D eigenvalue weighted by Crippen LogP contribution is -2.40. The van der Waals surface area contributed by atoms with E-state index in [9.17, 15) is 13.2 Å². The third-order valence-corrected chi connectivity index (χ3v) is 1.96. The molecular weight excluding hydrogens is 283 g/mol. The fraction of sp³-hybridized carbons (Fsp3) is 0.364. The van der Waals surface area contributed by atoms with E-state index >= 15 is 0 Å². The first kappa shape index (κ1) is 17.8. The number of hydrogen-bond donors (Lipinski definition) is 1. The van der Waals surface area contributed by atoms with Crippen molar-refractivity contribution in [2.75, 3.05) is 21.3 Å². The summed E-state index contributed by atoms with van der Waals surface area (Å²) in [6.45, 7) is 0. The summed E-state index contributed by atoms with van der Waals surface area (Å²) in [5.74, 6) is -1.15. The van der Waals surface area contributed by atoms with E-state index in [4.69, 9.17) is 24.1 Å². The predicted octanol–water partition coefficient (Wildman–Crippen LogP) is -0.116. The van der Waals surface area contributed by atoms with Crippen molar-refractivity contribution in [3.63, 3.8) is 0 Å². The molecule has 0 unspecified atom stereocenters. The highest BCUT2D eigenvalue weighted by Gasteiger charge is 2.28. The van der Waals surface area contributed by atoms with Crippen LogP contribution in [0.4, 0.5) is 18.9 Å². The minimum atomic E-state index is -5.19. The van der Waals surface area contributed by atoms with Gasteiger partial charge in [-0.25, -0.2) is 0 Å². The second-order valence-corrected chi connectivity index (χ2v) is 3.32. The van der Waals surface area contributed by atoms with Crippen LogP contribution in [0.15, 0.2) is 12.1 Å². The number of ether oxygens (including phenoxy) is 3. The van der Waals surface area contributed by atoms with Crippen LogP contribution < -0.4 is 25.1 Å². The molecule has 0 saturated carbocycles. The summed E-state index contributed by atoms with van der Waals surface area (Å²) in [6.07, 6.45) is -5.19. The summed E-state index contributed by atoms with van der Waals surface area (Å²) in [5.41, 5.74) is 4.63. The molecule has 3 N–H and O–H groups in total. The SMILES string of the molecule is COc1cc([NH3+])cc(OC)c1OC.O=C([O-])C(F)(F)F. The van der Waals surface area contributed by atoms with Gasteiger partial charge in [-0.3, -0.25) is 0 Å². The van der Waals surface area contributed by atoms with Crippen LogP contribution in [-0.2, 0) is 4.79 Å². The van der Waals surface area contributed by atoms with Gasteiger partial charge in [0, 0.05) is 12.1 Å². The zero-order valence-electron chi connectivity index (χ0n) is 11.0. The first-order valence-corrected chi connectivity index (χ1v) is 5.07. The molecule has 0 amide bonds. The van der Waals surface area contributed by atoms with E-state index in [0.717, 1.165) is 5.69 Å². The van der Waals surface area contributed by atoms with Gasteiger partial charge >= 0.3 is 6.18 Å². The average Bonchev–Trinajstić information content (AvgIpc) is 2.36. The Labute approximate surface area is 112 Å². The quantitative estimate of drug-likeness (QED) is 0.839. The molecule has 0 saturated heterocycles. The summed E-state index contributed by atoms with van der Waals surface area (Å²) in [4.78, 5) is 8.78. The van der Waals surface area contributed by atoms with Crippen LogP contribution in [0.25, 0.3) is 0 Å². The van der Waals surface area contributed by atoms with E-state index in [1.165, 1.54) is 0 Å². The molecule has 0 fully saturated rings. The molecule has 1 aromatic carbocycles. The lowest BCUT2D eigenvalue weighted by atomic mass is 10.2. The van der Waals surface area contributed by atoms with Crippen molar-refractivity contribution in [2.45, 2.75) is 6.18 Å². The maximum atomic E-state index is 10.5. The molecule has 9 heteroatoms. The lowest BCUT2D eigenvalue weighted by molar-refractivity contribution is -0.344. The number of methoxy groups -OCH3 is 3. The summed E-state index contributed by atoms with van der Waals surface area (Å²) in [6, 6.07) is 3.59. The van der Waals surface area contributed by atoms with E-state index in [1.807, 2.05) is 0 Å². The number of aliphatic carboxylic acids is 1. The van der Waals surface area contributed by atoms with Crippen molar-refractivity contribution in [1.82, 2.24) is 0 Å². The molecule has 0 heterocycles. The van der Waals surface area contributed by atoms with Crippen LogP contribution in [0.5, 0.6) is 17.2 Å². The molecule has 0 atom stereocenters. The Morgan fingerprint density at radius 1 is 1.10 bits per heavy atom. The van der Waals surface area contributed by atoms with Crippen LogP contribution in [0, 0.1) is 0 Å². The zero-order chi connectivity index (χ0) is 15.9. The summed E-state index contributed by atoms with van der Waals surface area (Å²) in [7, 11) is 4.73. The fourth-order valence-corrected chi connectivity index (χ4v) is 1.14. The molecule has 20 heavy (non-hydrogen) atoms. The van der Waals surface area contributed by atoms with Gasteiger partial charge in [-0.2, -0.15) is 13.2 Å². The molecule has 114 valence electrons. The van der Waals surface area contributed by atoms with Crippen LogP contribution in [0.2, 0.25) is 0 Å². The Bertz CT molecular complexity index is 437. The van der Waals surface area contributed by atoms with E-state index < -0.39 is 12.1 Å². The van der Waals surface area contributed by atoms with Gasteiger partial charge in [0.25, 0.3) is 0 Å². The number of alkyl halides is 3. The molecule has 1 aromatic rings. The van der Waals surface area contributed by atoms with Crippen molar-refractivity contribution in [3.8, 4) is 17.2 Å². The van der Waals surface area contributed by atoms with Gasteiger partial charge in [-0.05, 0) is 0 Å². The molecule has 1 rings (SSSR count). The molecule has 0 radical (unpaired) electrons. The number of benzene rings is 1. The molecule has 0 spiro atoms. The first-order chi connectivity index (χ1) is 9.17. The van der Waals surface area contributed by atoms with E-state index in [0.29, 0.717) is 17.2 Å². The predicted molar refractivity (Wildman–Crippen MR) is 59.7 cm³/mol. The van der Waals surface area contributed by atoms with Crippen molar-refractivity contribution in [1.29, 1.82) is 0 Å². The Hall–Kier alpha value is -2.16. The maximum Gasteiger partial charge on any atom is 0.430 e. The van der Waals surface area contributed by atoms with Crippen LogP contribution in [0.3, 0.4) is 0 Å². The maximum absolute atomic E-state index is 10.5. The highest BCUT2D eigenvalue weighted by molar-refractivity contribution is 5.70. The van der Waals surface area contributed by atoms with Crippen molar-refractivity contribution in [3.05, 3.63) is 12.1 Å². The molecule has 0 aromatic heterocycles. The Kier molecular flexibility index (Phi) is 6.63. The van der Waals surface area contributed by atoms with Gasteiger partial charge in [0.2, 0.25) is 5.75 Å². The number of carboxylic acid groups (broad SMARTS) is 1. The highest BCUT2D eigenvalue weighted by atomic mass is 19.4. The summed E-state index contributed by atoms with van der Waals surface area (Å²) < 4.78 is 46.9. The van der Waals surface area contributed by atoms with Crippen LogP contribution in [-0.4, -0.2) is 33.5 Å². The number of carbonyl (C=O) groups is 1. The van der Waals surface area contributed by atoms with Gasteiger partial charge in [0.1, 0.15) is 11.7 Å². The normalized spacial score (nSPS) is 10.2. The number of carboxylic acids is 1. The zero-order valence-corrected chi connectivity index (χ0v) is 11.0. The molecule has 6 nitrogen and oxygen atoms in total. The van der Waals surface area contributed by atoms with Gasteiger partial charge in [0.15, 0.2) is 11.5 Å². The van der Waals surface area contributed by atoms with E-state index in [2.05, 4.69) is 5.73 Å². The van der Waals surface area contributed by atoms with Crippen LogP contribution >= 0.6 is 0 Å². The van der Waals surface area contributed by atoms with Gasteiger partial charge in [0.05, 0.1) is 21.3 Å². The molecule has 0 aliphatic rings. The van der Waals surface area contributed by atoms with E-state index in [-0.39, 0.29) is 0 Å². The second kappa shape index (κ2) is 7.43. The molecular formula is C11H14F3NO5. The van der Waals surface area contributed by atoms with Crippen molar-refractivity contribution >= 4 is 11.7 Å². The molecule has 0 aliphatic carbocycles. The Morgan fingerprint density at radius 3 is 1.65 bits per heavy atom. The largest absolute Gasteiger partial charge is 0.542 e. The Morgan fingerprint density at radius 2 is 1.45 bits per heavy atom. The second-order valence-electron chi connectivity index (χ2n) is 3.32. The van der Waals surface area contributed by atoms with Gasteiger partial charge in [-0.15, -0.1) is 0 Å². The minimum absolute atomic E-state index is 0.595. The number of hydrogen-bond acceptors (Lipinski definition) is 5.